The second kappa shape index (κ2) is 2.90. The van der Waals surface area contributed by atoms with E-state index in [1.807, 2.05) is 0 Å². The molecule has 2 amide bonds. The van der Waals surface area contributed by atoms with Crippen LogP contribution in [0, 0.1) is 5.92 Å². The van der Waals surface area contributed by atoms with Gasteiger partial charge in [-0.25, -0.2) is 0 Å². The summed E-state index contributed by atoms with van der Waals surface area (Å²) in [6, 6.07) is 0. The largest absolute Gasteiger partial charge is 0.355 e. The average Bonchev–Trinajstić information content (AvgIpc) is 2.34. The minimum absolute atomic E-state index is 0.0230. The van der Waals surface area contributed by atoms with E-state index >= 15 is 0 Å². The van der Waals surface area contributed by atoms with Crippen molar-refractivity contribution in [2.24, 2.45) is 5.92 Å². The van der Waals surface area contributed by atoms with Gasteiger partial charge in [0.05, 0.1) is 5.92 Å². The number of amides is 2. The lowest BCUT2D eigenvalue weighted by atomic mass is 10.1. The van der Waals surface area contributed by atoms with E-state index in [1.54, 1.807) is 14.1 Å². The molecule has 4 nitrogen and oxygen atoms in total. The first-order valence-electron chi connectivity index (χ1n) is 3.59. The second-order valence-corrected chi connectivity index (χ2v) is 2.94. The summed E-state index contributed by atoms with van der Waals surface area (Å²) in [7, 11) is 3.40. The molecule has 0 aliphatic carbocycles. The third-order valence-corrected chi connectivity index (χ3v) is 1.77. The topological polar surface area (TPSA) is 49.4 Å². The van der Waals surface area contributed by atoms with Crippen LogP contribution in [-0.4, -0.2) is 37.4 Å². The summed E-state index contributed by atoms with van der Waals surface area (Å²) < 4.78 is 0. The Hall–Kier alpha value is -1.06. The quantitative estimate of drug-likeness (QED) is 0.541. The standard InChI is InChI=1S/C7H12N2O2/c1-9(2)7(11)5-3-6(10)8-4-5/h5H,3-4H2,1-2H3,(H,8,10)/t5-/m1/s1. The Bertz CT molecular complexity index is 189. The van der Waals surface area contributed by atoms with Crippen molar-refractivity contribution in [1.29, 1.82) is 0 Å². The van der Waals surface area contributed by atoms with Gasteiger partial charge in [-0.3, -0.25) is 9.59 Å². The van der Waals surface area contributed by atoms with Crippen LogP contribution in [0.2, 0.25) is 0 Å². The van der Waals surface area contributed by atoms with E-state index in [4.69, 9.17) is 0 Å². The van der Waals surface area contributed by atoms with E-state index in [2.05, 4.69) is 5.32 Å². The highest BCUT2D eigenvalue weighted by atomic mass is 16.2. The highest BCUT2D eigenvalue weighted by Crippen LogP contribution is 2.10. The van der Waals surface area contributed by atoms with E-state index in [0.29, 0.717) is 13.0 Å². The van der Waals surface area contributed by atoms with Crippen LogP contribution in [0.3, 0.4) is 0 Å². The van der Waals surface area contributed by atoms with Crippen LogP contribution in [0.4, 0.5) is 0 Å². The fraction of sp³-hybridized carbons (Fsp3) is 0.714. The van der Waals surface area contributed by atoms with Crippen molar-refractivity contribution in [3.63, 3.8) is 0 Å². The van der Waals surface area contributed by atoms with Gasteiger partial charge in [0.15, 0.2) is 0 Å². The summed E-state index contributed by atoms with van der Waals surface area (Å²) in [5.74, 6) is -0.133. The van der Waals surface area contributed by atoms with Gasteiger partial charge in [-0.15, -0.1) is 0 Å². The van der Waals surface area contributed by atoms with Crippen molar-refractivity contribution in [3.05, 3.63) is 0 Å². The van der Waals surface area contributed by atoms with Crippen molar-refractivity contribution in [1.82, 2.24) is 10.2 Å². The van der Waals surface area contributed by atoms with Crippen molar-refractivity contribution in [2.75, 3.05) is 20.6 Å². The van der Waals surface area contributed by atoms with Crippen LogP contribution in [0.5, 0.6) is 0 Å². The van der Waals surface area contributed by atoms with Gasteiger partial charge in [-0.1, -0.05) is 0 Å². The molecule has 1 rings (SSSR count). The SMILES string of the molecule is CN(C)C(=O)[C@H]1CNC(=O)C1. The molecule has 0 aromatic heterocycles. The number of carbonyl (C=O) groups is 2. The average molecular weight is 156 g/mol. The van der Waals surface area contributed by atoms with Crippen molar-refractivity contribution >= 4 is 11.8 Å². The summed E-state index contributed by atoms with van der Waals surface area (Å²) in [5, 5.41) is 2.62. The number of nitrogens with zero attached hydrogens (tertiary/aromatic N) is 1. The number of hydrogen-bond acceptors (Lipinski definition) is 2. The van der Waals surface area contributed by atoms with Crippen LogP contribution in [0.25, 0.3) is 0 Å². The molecule has 0 spiro atoms. The molecule has 0 radical (unpaired) electrons. The maximum absolute atomic E-state index is 11.2. The predicted octanol–water partition coefficient (Wildman–Crippen LogP) is -0.789. The zero-order chi connectivity index (χ0) is 8.43. The highest BCUT2D eigenvalue weighted by molar-refractivity contribution is 5.88. The van der Waals surface area contributed by atoms with Gasteiger partial charge >= 0.3 is 0 Å². The lowest BCUT2D eigenvalue weighted by Gasteiger charge is -2.13. The summed E-state index contributed by atoms with van der Waals surface area (Å²) in [5.41, 5.74) is 0. The van der Waals surface area contributed by atoms with Gasteiger partial charge < -0.3 is 10.2 Å². The van der Waals surface area contributed by atoms with Gasteiger partial charge in [0.2, 0.25) is 11.8 Å². The fourth-order valence-corrected chi connectivity index (χ4v) is 1.14. The first-order chi connectivity index (χ1) is 5.11. The minimum atomic E-state index is -0.141. The molecule has 1 atom stereocenters. The smallest absolute Gasteiger partial charge is 0.227 e. The Labute approximate surface area is 65.6 Å². The molecule has 1 heterocycles. The molecule has 1 fully saturated rings. The van der Waals surface area contributed by atoms with Crippen LogP contribution in [0.1, 0.15) is 6.42 Å². The molecular weight excluding hydrogens is 144 g/mol. The summed E-state index contributed by atoms with van der Waals surface area (Å²) in [6.07, 6.45) is 0.344. The first-order valence-corrected chi connectivity index (χ1v) is 3.59. The highest BCUT2D eigenvalue weighted by Gasteiger charge is 2.28. The molecule has 0 unspecified atom stereocenters. The summed E-state index contributed by atoms with van der Waals surface area (Å²) >= 11 is 0. The Morgan fingerprint density at radius 2 is 2.27 bits per heavy atom. The molecule has 1 N–H and O–H groups in total. The third-order valence-electron chi connectivity index (χ3n) is 1.77. The third kappa shape index (κ3) is 1.69. The molecule has 0 saturated carbocycles. The molecule has 1 saturated heterocycles. The van der Waals surface area contributed by atoms with Crippen molar-refractivity contribution in [2.45, 2.75) is 6.42 Å². The summed E-state index contributed by atoms with van der Waals surface area (Å²) in [4.78, 5) is 23.4. The van der Waals surface area contributed by atoms with Gasteiger partial charge in [0, 0.05) is 27.1 Å². The van der Waals surface area contributed by atoms with Crippen LogP contribution in [0.15, 0.2) is 0 Å². The maximum atomic E-state index is 11.2. The van der Waals surface area contributed by atoms with E-state index in [1.165, 1.54) is 4.90 Å². The van der Waals surface area contributed by atoms with Crippen molar-refractivity contribution < 1.29 is 9.59 Å². The molecule has 4 heteroatoms. The number of rotatable bonds is 1. The molecular formula is C7H12N2O2. The number of nitrogens with one attached hydrogen (secondary N) is 1. The van der Waals surface area contributed by atoms with Crippen LogP contribution < -0.4 is 5.32 Å². The zero-order valence-electron chi connectivity index (χ0n) is 6.76. The predicted molar refractivity (Wildman–Crippen MR) is 39.8 cm³/mol. The molecule has 62 valence electrons. The Balaban J connectivity index is 2.50. The van der Waals surface area contributed by atoms with Crippen molar-refractivity contribution in [3.8, 4) is 0 Å². The van der Waals surface area contributed by atoms with Crippen LogP contribution >= 0.6 is 0 Å². The maximum Gasteiger partial charge on any atom is 0.227 e. The number of carbonyl (C=O) groups excluding carboxylic acids is 2. The molecule has 1 aliphatic rings. The lowest BCUT2D eigenvalue weighted by Crippen LogP contribution is -2.30. The van der Waals surface area contributed by atoms with Gasteiger partial charge in [0.1, 0.15) is 0 Å². The van der Waals surface area contributed by atoms with E-state index in [0.717, 1.165) is 0 Å². The van der Waals surface area contributed by atoms with Crippen LogP contribution in [-0.2, 0) is 9.59 Å². The molecule has 1 aliphatic heterocycles. The molecule has 0 aromatic carbocycles. The van der Waals surface area contributed by atoms with Gasteiger partial charge in [-0.05, 0) is 0 Å². The van der Waals surface area contributed by atoms with Gasteiger partial charge in [0.25, 0.3) is 0 Å². The minimum Gasteiger partial charge on any atom is -0.355 e. The molecule has 0 aromatic rings. The molecule has 0 bridgehead atoms. The van der Waals surface area contributed by atoms with E-state index < -0.39 is 0 Å². The first kappa shape index (κ1) is 8.04. The van der Waals surface area contributed by atoms with E-state index in [9.17, 15) is 9.59 Å². The summed E-state index contributed by atoms with van der Waals surface area (Å²) in [6.45, 7) is 0.496. The number of hydrogen-bond donors (Lipinski definition) is 1. The Kier molecular flexibility index (Phi) is 2.12. The molecule has 11 heavy (non-hydrogen) atoms. The second-order valence-electron chi connectivity index (χ2n) is 2.94. The normalized spacial score (nSPS) is 23.1. The fourth-order valence-electron chi connectivity index (χ4n) is 1.14. The zero-order valence-corrected chi connectivity index (χ0v) is 6.76. The monoisotopic (exact) mass is 156 g/mol. The van der Waals surface area contributed by atoms with Gasteiger partial charge in [-0.2, -0.15) is 0 Å². The Morgan fingerprint density at radius 1 is 1.64 bits per heavy atom. The van der Waals surface area contributed by atoms with E-state index in [-0.39, 0.29) is 17.7 Å². The lowest BCUT2D eigenvalue weighted by molar-refractivity contribution is -0.133. The Morgan fingerprint density at radius 3 is 2.64 bits per heavy atom.